The minimum atomic E-state index is 0.149. The number of allylic oxidation sites excluding steroid dienone is 1. The third-order valence-corrected chi connectivity index (χ3v) is 8.10. The number of unbranched alkanes of at least 4 members (excludes halogenated alkanes) is 11. The standard InChI is InChI=1S/C15H28N2OS.C12H24O.C9H20.2C2H6/c1-4-7-9-10-12-18-15(16)14(17-19)13(6-3)11-8-5-2;1-3-4-5-6-7-8-9-10-11-12(2)13;1-6-8(4)9(5)7(2)3;2*1-2/h11,16,19H,4-10,12H2,1-3H3;3-11H2,1-2H3;7-9H,6H2,1-5H3;2*1-2H3/b13-11+,16-15?,17-14-;;;;. The zero-order chi connectivity index (χ0) is 35.9. The topological polar surface area (TPSA) is 62.5 Å². The van der Waals surface area contributed by atoms with Crippen LogP contribution in [0.25, 0.3) is 0 Å². The zero-order valence-electron chi connectivity index (χ0n) is 33.2. The van der Waals surface area contributed by atoms with Crippen LogP contribution in [-0.2, 0) is 9.53 Å². The highest BCUT2D eigenvalue weighted by molar-refractivity contribution is 7.79. The second kappa shape index (κ2) is 45.0. The van der Waals surface area contributed by atoms with Gasteiger partial charge in [-0.1, -0.05) is 173 Å². The number of nitrogens with zero attached hydrogens (tertiary/aromatic N) is 1. The number of carbonyl (C=O) groups is 1. The van der Waals surface area contributed by atoms with Gasteiger partial charge >= 0.3 is 0 Å². The smallest absolute Gasteiger partial charge is 0.233 e. The summed E-state index contributed by atoms with van der Waals surface area (Å²) < 4.78 is 9.39. The monoisotopic (exact) mass is 657 g/mol. The normalized spacial score (nSPS) is 12.2. The van der Waals surface area contributed by atoms with Crippen molar-refractivity contribution in [3.63, 3.8) is 0 Å². The highest BCUT2D eigenvalue weighted by Gasteiger charge is 2.13. The van der Waals surface area contributed by atoms with Gasteiger partial charge in [-0.15, -0.1) is 0 Å². The van der Waals surface area contributed by atoms with E-state index < -0.39 is 0 Å². The third kappa shape index (κ3) is 40.9. The van der Waals surface area contributed by atoms with Crippen LogP contribution in [0.4, 0.5) is 0 Å². The highest BCUT2D eigenvalue weighted by atomic mass is 32.1. The van der Waals surface area contributed by atoms with E-state index in [4.69, 9.17) is 10.1 Å². The van der Waals surface area contributed by atoms with Gasteiger partial charge in [0.1, 0.15) is 11.5 Å². The molecule has 2 atom stereocenters. The Hall–Kier alpha value is -1.10. The number of thiol groups is 1. The van der Waals surface area contributed by atoms with E-state index >= 15 is 0 Å². The number of carbonyl (C=O) groups excluding carboxylic acids is 1. The van der Waals surface area contributed by atoms with Gasteiger partial charge in [0.05, 0.1) is 6.61 Å². The summed E-state index contributed by atoms with van der Waals surface area (Å²) in [4.78, 5) is 10.6. The van der Waals surface area contributed by atoms with E-state index in [1.807, 2.05) is 27.7 Å². The summed E-state index contributed by atoms with van der Waals surface area (Å²) in [5.74, 6) is 3.11. The van der Waals surface area contributed by atoms with E-state index in [1.54, 1.807) is 6.92 Å². The first kappa shape index (κ1) is 53.4. The predicted octanol–water partition coefficient (Wildman–Crippen LogP) is 14.5. The minimum Gasteiger partial charge on any atom is -0.477 e. The molecule has 0 heterocycles. The van der Waals surface area contributed by atoms with Gasteiger partial charge in [-0.05, 0) is 68.7 Å². The molecule has 0 bridgehead atoms. The summed E-state index contributed by atoms with van der Waals surface area (Å²) in [5.41, 5.74) is 1.63. The molecule has 0 saturated heterocycles. The first-order valence-electron chi connectivity index (χ1n) is 19.2. The van der Waals surface area contributed by atoms with E-state index in [0.717, 1.165) is 68.3 Å². The van der Waals surface area contributed by atoms with Crippen LogP contribution in [0, 0.1) is 23.2 Å². The van der Waals surface area contributed by atoms with Gasteiger partial charge in [-0.25, -0.2) is 4.40 Å². The summed E-state index contributed by atoms with van der Waals surface area (Å²) in [6.45, 7) is 30.5. The minimum absolute atomic E-state index is 0.149. The van der Waals surface area contributed by atoms with Crippen molar-refractivity contribution in [3.8, 4) is 0 Å². The molecule has 45 heavy (non-hydrogen) atoms. The lowest BCUT2D eigenvalue weighted by Crippen LogP contribution is -2.19. The Morgan fingerprint density at radius 2 is 1.22 bits per heavy atom. The van der Waals surface area contributed by atoms with E-state index in [0.29, 0.717) is 18.1 Å². The predicted molar refractivity (Wildman–Crippen MR) is 212 cm³/mol. The summed E-state index contributed by atoms with van der Waals surface area (Å²) >= 11 is 3.98. The first-order chi connectivity index (χ1) is 21.6. The molecule has 0 aliphatic rings. The maximum atomic E-state index is 10.6. The van der Waals surface area contributed by atoms with Crippen LogP contribution >= 0.6 is 12.8 Å². The number of Topliss-reactive ketones (excluding diaryl/α,β-unsaturated/α-hetero) is 1. The molecule has 0 aromatic carbocycles. The van der Waals surface area contributed by atoms with Crippen molar-refractivity contribution in [1.29, 1.82) is 5.41 Å². The van der Waals surface area contributed by atoms with Crippen LogP contribution in [0.1, 0.15) is 206 Å². The van der Waals surface area contributed by atoms with Gasteiger partial charge < -0.3 is 9.53 Å². The molecule has 0 radical (unpaired) electrons. The van der Waals surface area contributed by atoms with Crippen molar-refractivity contribution < 1.29 is 9.53 Å². The molecule has 4 nitrogen and oxygen atoms in total. The second-order valence-electron chi connectivity index (χ2n) is 12.0. The number of rotatable bonds is 22. The number of hydrogen-bond acceptors (Lipinski definition) is 5. The van der Waals surface area contributed by atoms with Crippen LogP contribution in [0.3, 0.4) is 0 Å². The maximum Gasteiger partial charge on any atom is 0.233 e. The molecule has 0 spiro atoms. The van der Waals surface area contributed by atoms with E-state index in [1.165, 1.54) is 64.2 Å². The Morgan fingerprint density at radius 1 is 0.756 bits per heavy atom. The molecular weight excluding hydrogens is 573 g/mol. The molecule has 0 aromatic rings. The fourth-order valence-corrected chi connectivity index (χ4v) is 4.51. The third-order valence-electron chi connectivity index (χ3n) is 7.90. The summed E-state index contributed by atoms with van der Waals surface area (Å²) in [6.07, 6.45) is 22.3. The molecule has 0 saturated carbocycles. The largest absolute Gasteiger partial charge is 0.477 e. The first-order valence-corrected chi connectivity index (χ1v) is 19.6. The lowest BCUT2D eigenvalue weighted by atomic mass is 9.85. The molecule has 272 valence electrons. The molecule has 0 aliphatic carbocycles. The second-order valence-corrected chi connectivity index (χ2v) is 12.2. The summed E-state index contributed by atoms with van der Waals surface area (Å²) in [7, 11) is 0. The highest BCUT2D eigenvalue weighted by Crippen LogP contribution is 2.21. The number of ketones is 1. The van der Waals surface area contributed by atoms with Crippen molar-refractivity contribution in [3.05, 3.63) is 11.6 Å². The van der Waals surface area contributed by atoms with Crippen LogP contribution in [0.15, 0.2) is 16.0 Å². The lowest BCUT2D eigenvalue weighted by Gasteiger charge is -2.21. The average Bonchev–Trinajstić information content (AvgIpc) is 3.05. The van der Waals surface area contributed by atoms with E-state index in [2.05, 4.69) is 85.6 Å². The van der Waals surface area contributed by atoms with Crippen LogP contribution < -0.4 is 0 Å². The molecule has 0 rings (SSSR count). The van der Waals surface area contributed by atoms with Crippen molar-refractivity contribution >= 4 is 30.2 Å². The van der Waals surface area contributed by atoms with Crippen LogP contribution in [0.5, 0.6) is 0 Å². The average molecular weight is 657 g/mol. The van der Waals surface area contributed by atoms with Gasteiger partial charge in [0, 0.05) is 6.42 Å². The number of ether oxygens (including phenoxy) is 1. The number of hydrogen-bond donors (Lipinski definition) is 2. The van der Waals surface area contributed by atoms with Crippen LogP contribution in [0.2, 0.25) is 0 Å². The van der Waals surface area contributed by atoms with Crippen molar-refractivity contribution in [1.82, 2.24) is 0 Å². The van der Waals surface area contributed by atoms with Crippen molar-refractivity contribution in [2.24, 2.45) is 22.2 Å². The van der Waals surface area contributed by atoms with Gasteiger partial charge in [0.25, 0.3) is 0 Å². The Morgan fingerprint density at radius 3 is 1.58 bits per heavy atom. The molecule has 0 aliphatic heterocycles. The zero-order valence-corrected chi connectivity index (χ0v) is 34.1. The van der Waals surface area contributed by atoms with Crippen LogP contribution in [-0.4, -0.2) is 24.0 Å². The summed E-state index contributed by atoms with van der Waals surface area (Å²) in [6, 6.07) is 0. The van der Waals surface area contributed by atoms with Gasteiger partial charge in [-0.2, -0.15) is 0 Å². The Balaban J connectivity index is -0.000000178. The van der Waals surface area contributed by atoms with Crippen molar-refractivity contribution in [2.45, 2.75) is 206 Å². The summed E-state index contributed by atoms with van der Waals surface area (Å²) in [5, 5.41) is 7.95. The van der Waals surface area contributed by atoms with Gasteiger partial charge in [-0.3, -0.25) is 5.41 Å². The fourth-order valence-electron chi connectivity index (χ4n) is 4.29. The van der Waals surface area contributed by atoms with Gasteiger partial charge in [0.15, 0.2) is 0 Å². The van der Waals surface area contributed by atoms with Gasteiger partial charge in [0.2, 0.25) is 5.90 Å². The van der Waals surface area contributed by atoms with E-state index in [9.17, 15) is 4.79 Å². The quantitative estimate of drug-likeness (QED) is 0.0527. The molecular formula is C40H84N2O2S. The van der Waals surface area contributed by atoms with E-state index in [-0.39, 0.29) is 5.90 Å². The Labute approximate surface area is 290 Å². The maximum absolute atomic E-state index is 10.6. The molecule has 2 unspecified atom stereocenters. The Kier molecular flexibility index (Phi) is 53.4. The molecule has 5 heteroatoms. The lowest BCUT2D eigenvalue weighted by molar-refractivity contribution is -0.117. The molecule has 0 fully saturated rings. The Bertz CT molecular complexity index is 659. The SMILES string of the molecule is CC.CC.CCC(C)C(C)C(C)C.CCC/C=C(CC)/C(=N/S)C(=N)OCCCCCC.CCCCCCCCCCC(C)=O. The van der Waals surface area contributed by atoms with Crippen molar-refractivity contribution in [2.75, 3.05) is 6.61 Å². The number of nitrogens with one attached hydrogen (secondary N) is 1. The molecule has 0 aromatic heterocycles. The molecule has 0 amide bonds. The fraction of sp³-hybridized carbons (Fsp3) is 0.875. The molecule has 1 N–H and O–H groups in total.